The Morgan fingerprint density at radius 2 is 1.81 bits per heavy atom. The van der Waals surface area contributed by atoms with E-state index in [1.54, 1.807) is 0 Å². The van der Waals surface area contributed by atoms with Crippen LogP contribution in [0.1, 0.15) is 37.8 Å². The molecular weight excluding hydrogens is 435 g/mol. The number of hydrogen-bond donors (Lipinski definition) is 2. The molecule has 7 nitrogen and oxygen atoms in total. The normalized spacial score (nSPS) is 15.2. The molecule has 0 bridgehead atoms. The number of anilines is 1. The van der Waals surface area contributed by atoms with Crippen LogP contribution in [-0.2, 0) is 0 Å². The average molecular weight is 458 g/mol. The second-order valence-corrected chi connectivity index (χ2v) is 7.27. The molecule has 1 aliphatic rings. The zero-order valence-electron chi connectivity index (χ0n) is 17.5. The van der Waals surface area contributed by atoms with Crippen LogP contribution in [0.3, 0.4) is 0 Å². The van der Waals surface area contributed by atoms with Gasteiger partial charge in [0.1, 0.15) is 22.8 Å². The zero-order chi connectivity index (χ0) is 23.5. The van der Waals surface area contributed by atoms with Crippen LogP contribution in [0.15, 0.2) is 18.3 Å². The van der Waals surface area contributed by atoms with Gasteiger partial charge in [-0.2, -0.15) is 18.3 Å². The molecule has 0 spiro atoms. The highest BCUT2D eigenvalue weighted by atomic mass is 19.4. The van der Waals surface area contributed by atoms with Gasteiger partial charge in [-0.15, -0.1) is 0 Å². The summed E-state index contributed by atoms with van der Waals surface area (Å²) in [5, 5.41) is 7.19. The summed E-state index contributed by atoms with van der Waals surface area (Å²) in [4.78, 5) is 7.56. The molecule has 0 radical (unpaired) electrons. The molecule has 0 amide bonds. The molecule has 1 saturated heterocycles. The van der Waals surface area contributed by atoms with Gasteiger partial charge in [-0.3, -0.25) is 0 Å². The number of hydrogen-bond acceptors (Lipinski definition) is 6. The first-order valence-corrected chi connectivity index (χ1v) is 9.95. The van der Waals surface area contributed by atoms with Crippen LogP contribution in [0.4, 0.5) is 27.8 Å². The van der Waals surface area contributed by atoms with Crippen molar-refractivity contribution < 1.29 is 26.7 Å². The van der Waals surface area contributed by atoms with E-state index in [9.17, 15) is 22.0 Å². The number of alkyl halides is 3. The number of rotatable bonds is 3. The van der Waals surface area contributed by atoms with Crippen molar-refractivity contribution in [1.29, 1.82) is 0 Å². The van der Waals surface area contributed by atoms with Crippen molar-refractivity contribution in [3.63, 3.8) is 0 Å². The van der Waals surface area contributed by atoms with E-state index in [1.165, 1.54) is 45.5 Å². The van der Waals surface area contributed by atoms with Crippen molar-refractivity contribution in [1.82, 2.24) is 24.9 Å². The molecule has 174 valence electrons. The number of halogens is 5. The van der Waals surface area contributed by atoms with Crippen molar-refractivity contribution in [3.8, 4) is 17.1 Å². The van der Waals surface area contributed by atoms with Crippen LogP contribution in [0.25, 0.3) is 17.0 Å². The maximum atomic E-state index is 14.1. The predicted molar refractivity (Wildman–Crippen MR) is 108 cm³/mol. The van der Waals surface area contributed by atoms with E-state index in [0.717, 1.165) is 17.6 Å². The Morgan fingerprint density at radius 3 is 2.34 bits per heavy atom. The number of aromatic nitrogens is 4. The van der Waals surface area contributed by atoms with Crippen LogP contribution in [-0.4, -0.2) is 46.0 Å². The van der Waals surface area contributed by atoms with E-state index in [0.29, 0.717) is 6.07 Å². The highest BCUT2D eigenvalue weighted by Crippen LogP contribution is 2.38. The van der Waals surface area contributed by atoms with E-state index in [-0.39, 0.29) is 22.8 Å². The Hall–Kier alpha value is -3.02. The van der Waals surface area contributed by atoms with Crippen molar-refractivity contribution in [3.05, 3.63) is 35.7 Å². The fraction of sp³-hybridized carbons (Fsp3) is 0.450. The second-order valence-electron chi connectivity index (χ2n) is 7.27. The Kier molecular flexibility index (Phi) is 7.12. The fourth-order valence-electron chi connectivity index (χ4n) is 3.15. The third-order valence-electron chi connectivity index (χ3n) is 5.01. The number of nitrogens with two attached hydrogens (primary N) is 1. The topological polar surface area (TPSA) is 90.4 Å². The second kappa shape index (κ2) is 9.63. The first-order valence-electron chi connectivity index (χ1n) is 9.95. The summed E-state index contributed by atoms with van der Waals surface area (Å²) in [5.74, 6) is -4.74. The summed E-state index contributed by atoms with van der Waals surface area (Å²) in [6.07, 6.45) is 0.790. The molecular formula is C20H23F5N6O. The largest absolute Gasteiger partial charge is 0.495 e. The summed E-state index contributed by atoms with van der Waals surface area (Å²) in [6, 6.07) is 1.76. The monoisotopic (exact) mass is 458 g/mol. The number of pyridine rings is 1. The molecule has 12 heteroatoms. The molecule has 4 rings (SSSR count). The summed E-state index contributed by atoms with van der Waals surface area (Å²) in [7, 11) is 1.20. The average Bonchev–Trinajstić information content (AvgIpc) is 3.18. The van der Waals surface area contributed by atoms with Crippen molar-refractivity contribution >= 4 is 11.5 Å². The number of ether oxygens (including phenoxy) is 1. The van der Waals surface area contributed by atoms with Crippen LogP contribution in [0.5, 0.6) is 5.75 Å². The molecule has 0 aliphatic carbocycles. The standard InChI is InChI=1S/C15H12F5N5O.C5H11N/c1-6(15(18,19)20)12-10(26-2)4-11-22-5-9(25(11)24-12)13-7(16)3-8(17)14(21)23-13;1-2-4-6-5-3-1/h3-6H,1-2H3,(H2,21,23);6H,1-5H2. The van der Waals surface area contributed by atoms with Gasteiger partial charge in [-0.25, -0.2) is 23.3 Å². The lowest BCUT2D eigenvalue weighted by atomic mass is 10.1. The van der Waals surface area contributed by atoms with Crippen molar-refractivity contribution in [2.45, 2.75) is 38.3 Å². The minimum atomic E-state index is -4.57. The SMILES string of the molecule is C1CCNCC1.COc1cc2ncc(-c3nc(N)c(F)cc3F)n2nc1C(C)C(F)(F)F. The molecule has 0 saturated carbocycles. The number of methoxy groups -OCH3 is 1. The number of nitrogen functional groups attached to an aromatic ring is 1. The number of piperidine rings is 1. The highest BCUT2D eigenvalue weighted by molar-refractivity contribution is 5.62. The van der Waals surface area contributed by atoms with E-state index in [2.05, 4.69) is 20.4 Å². The third-order valence-corrected chi connectivity index (χ3v) is 5.01. The Bertz CT molecular complexity index is 1070. The van der Waals surface area contributed by atoms with Crippen LogP contribution < -0.4 is 15.8 Å². The number of fused-ring (bicyclic) bond motifs is 1. The maximum absolute atomic E-state index is 14.1. The summed E-state index contributed by atoms with van der Waals surface area (Å²) in [5.41, 5.74) is 4.56. The predicted octanol–water partition coefficient (Wildman–Crippen LogP) is 4.09. The fourth-order valence-corrected chi connectivity index (χ4v) is 3.15. The summed E-state index contributed by atoms with van der Waals surface area (Å²) < 4.78 is 72.7. The summed E-state index contributed by atoms with van der Waals surface area (Å²) in [6.45, 7) is 3.42. The third kappa shape index (κ3) is 5.06. The number of imidazole rings is 1. The highest BCUT2D eigenvalue weighted by Gasteiger charge is 2.40. The van der Waals surface area contributed by atoms with Crippen molar-refractivity contribution in [2.24, 2.45) is 0 Å². The Balaban J connectivity index is 0.000000416. The smallest absolute Gasteiger partial charge is 0.397 e. The lowest BCUT2D eigenvalue weighted by Crippen LogP contribution is -2.21. The molecule has 3 N–H and O–H groups in total. The van der Waals surface area contributed by atoms with E-state index in [4.69, 9.17) is 10.5 Å². The molecule has 32 heavy (non-hydrogen) atoms. The molecule has 3 aromatic heterocycles. The number of nitrogens with zero attached hydrogens (tertiary/aromatic N) is 4. The van der Waals surface area contributed by atoms with Gasteiger partial charge in [0.2, 0.25) is 0 Å². The Morgan fingerprint density at radius 1 is 1.12 bits per heavy atom. The first kappa shape index (κ1) is 23.6. The molecule has 1 fully saturated rings. The van der Waals surface area contributed by atoms with Crippen LogP contribution >= 0.6 is 0 Å². The van der Waals surface area contributed by atoms with Gasteiger partial charge in [0.05, 0.1) is 19.2 Å². The van der Waals surface area contributed by atoms with Gasteiger partial charge < -0.3 is 15.8 Å². The zero-order valence-corrected chi connectivity index (χ0v) is 17.5. The lowest BCUT2D eigenvalue weighted by Gasteiger charge is -2.18. The minimum absolute atomic E-state index is 0.0810. The van der Waals surface area contributed by atoms with Crippen LogP contribution in [0.2, 0.25) is 0 Å². The van der Waals surface area contributed by atoms with Gasteiger partial charge in [-0.05, 0) is 32.9 Å². The van der Waals surface area contributed by atoms with Gasteiger partial charge >= 0.3 is 6.18 Å². The minimum Gasteiger partial charge on any atom is -0.495 e. The molecule has 0 aromatic carbocycles. The van der Waals surface area contributed by atoms with Crippen molar-refractivity contribution in [2.75, 3.05) is 25.9 Å². The van der Waals surface area contributed by atoms with Gasteiger partial charge in [0.15, 0.2) is 23.1 Å². The molecule has 4 heterocycles. The lowest BCUT2D eigenvalue weighted by molar-refractivity contribution is -0.147. The maximum Gasteiger partial charge on any atom is 0.397 e. The molecule has 3 aromatic rings. The van der Waals surface area contributed by atoms with E-state index >= 15 is 0 Å². The Labute approximate surface area is 180 Å². The van der Waals surface area contributed by atoms with Gasteiger partial charge in [0.25, 0.3) is 0 Å². The number of nitrogens with one attached hydrogen (secondary N) is 1. The molecule has 1 aliphatic heterocycles. The van der Waals surface area contributed by atoms with E-state index < -0.39 is 35.2 Å². The van der Waals surface area contributed by atoms with Crippen LogP contribution in [0, 0.1) is 11.6 Å². The molecule has 1 unspecified atom stereocenters. The first-order chi connectivity index (χ1) is 15.1. The summed E-state index contributed by atoms with van der Waals surface area (Å²) >= 11 is 0. The van der Waals surface area contributed by atoms with Gasteiger partial charge in [0, 0.05) is 12.1 Å². The van der Waals surface area contributed by atoms with E-state index in [1.807, 2.05) is 0 Å². The van der Waals surface area contributed by atoms with Gasteiger partial charge in [-0.1, -0.05) is 6.42 Å². The molecule has 1 atom stereocenters. The quantitative estimate of drug-likeness (QED) is 0.575.